The minimum absolute atomic E-state index is 0.000911. The number of aromatic nitrogens is 4. The number of aliphatic hydroxyl groups is 1. The summed E-state index contributed by atoms with van der Waals surface area (Å²) in [5.41, 5.74) is 3.76. The molecule has 0 aliphatic rings. The summed E-state index contributed by atoms with van der Waals surface area (Å²) in [7, 11) is 1.51. The zero-order valence-corrected chi connectivity index (χ0v) is 18.2. The summed E-state index contributed by atoms with van der Waals surface area (Å²) in [6.45, 7) is 1.91. The topological polar surface area (TPSA) is 127 Å². The highest BCUT2D eigenvalue weighted by Gasteiger charge is 2.20. The Balaban J connectivity index is 1.63. The summed E-state index contributed by atoms with van der Waals surface area (Å²) in [6.07, 6.45) is 0.641. The van der Waals surface area contributed by atoms with E-state index in [-0.39, 0.29) is 30.3 Å². The zero-order chi connectivity index (χ0) is 23.4. The van der Waals surface area contributed by atoms with Crippen LogP contribution < -0.4 is 21.4 Å². The highest BCUT2D eigenvalue weighted by molar-refractivity contribution is 5.80. The van der Waals surface area contributed by atoms with Crippen LogP contribution in [0.5, 0.6) is 5.75 Å². The van der Waals surface area contributed by atoms with Crippen molar-refractivity contribution in [3.8, 4) is 5.75 Å². The van der Waals surface area contributed by atoms with E-state index < -0.39 is 17.4 Å². The van der Waals surface area contributed by atoms with E-state index in [0.717, 1.165) is 11.1 Å². The molecule has 0 radical (unpaired) electrons. The molecular weight excluding hydrogens is 424 g/mol. The number of hydrogen-bond acceptors (Lipinski definition) is 7. The van der Waals surface area contributed by atoms with Crippen LogP contribution in [-0.2, 0) is 13.6 Å². The van der Waals surface area contributed by atoms with Crippen LogP contribution >= 0.6 is 0 Å². The highest BCUT2D eigenvalue weighted by Crippen LogP contribution is 2.18. The Morgan fingerprint density at radius 2 is 1.91 bits per heavy atom. The fraction of sp³-hybridized carbons (Fsp3) is 0.217. The van der Waals surface area contributed by atoms with Crippen LogP contribution in [0.25, 0.3) is 11.2 Å². The number of ether oxygens (including phenoxy) is 1. The van der Waals surface area contributed by atoms with E-state index in [2.05, 4.69) is 20.5 Å². The number of para-hydroxylation sites is 1. The van der Waals surface area contributed by atoms with Gasteiger partial charge in [-0.2, -0.15) is 10.1 Å². The number of rotatable bonds is 8. The van der Waals surface area contributed by atoms with Gasteiger partial charge in [-0.05, 0) is 24.1 Å². The van der Waals surface area contributed by atoms with Crippen molar-refractivity contribution in [1.29, 1.82) is 0 Å². The molecule has 0 fully saturated rings. The standard InChI is InChI=1S/C23H24N6O4/c1-15-8-6-7-11-18(15)33-14-17(30)13-29-19-20(28(2)23(32)26-21(19)31)25-22(29)27-24-12-16-9-4-3-5-10-16/h3-12,17,30H,13-14H2,1-2H3,(H,25,27)(H,26,31,32). The van der Waals surface area contributed by atoms with Crippen molar-refractivity contribution in [3.63, 3.8) is 0 Å². The molecule has 3 N–H and O–H groups in total. The quantitative estimate of drug-likeness (QED) is 0.278. The smallest absolute Gasteiger partial charge is 0.329 e. The van der Waals surface area contributed by atoms with Gasteiger partial charge in [0.05, 0.1) is 12.8 Å². The minimum Gasteiger partial charge on any atom is -0.491 e. The van der Waals surface area contributed by atoms with Gasteiger partial charge in [-0.15, -0.1) is 0 Å². The van der Waals surface area contributed by atoms with Crippen molar-refractivity contribution in [2.45, 2.75) is 19.6 Å². The molecule has 0 aliphatic carbocycles. The molecule has 2 heterocycles. The van der Waals surface area contributed by atoms with Gasteiger partial charge < -0.3 is 14.4 Å². The molecule has 2 aromatic heterocycles. The number of fused-ring (bicyclic) bond motifs is 1. The molecular formula is C23H24N6O4. The molecule has 0 bridgehead atoms. The predicted molar refractivity (Wildman–Crippen MR) is 126 cm³/mol. The number of aromatic amines is 1. The second kappa shape index (κ2) is 9.53. The van der Waals surface area contributed by atoms with Crippen molar-refractivity contribution in [2.75, 3.05) is 12.0 Å². The maximum Gasteiger partial charge on any atom is 0.329 e. The van der Waals surface area contributed by atoms with Gasteiger partial charge in [-0.25, -0.2) is 10.2 Å². The first-order chi connectivity index (χ1) is 15.9. The van der Waals surface area contributed by atoms with Gasteiger partial charge in [0.25, 0.3) is 5.56 Å². The average molecular weight is 448 g/mol. The number of aliphatic hydroxyl groups excluding tert-OH is 1. The number of anilines is 1. The number of nitrogens with one attached hydrogen (secondary N) is 2. The summed E-state index contributed by atoms with van der Waals surface area (Å²) in [5, 5.41) is 14.8. The van der Waals surface area contributed by atoms with Crippen molar-refractivity contribution in [2.24, 2.45) is 12.1 Å². The lowest BCUT2D eigenvalue weighted by Crippen LogP contribution is -2.30. The second-order valence-corrected chi connectivity index (χ2v) is 7.55. The van der Waals surface area contributed by atoms with Crippen LogP contribution in [0, 0.1) is 6.92 Å². The lowest BCUT2D eigenvalue weighted by Gasteiger charge is -2.16. The molecule has 0 aliphatic heterocycles. The first-order valence-corrected chi connectivity index (χ1v) is 10.3. The van der Waals surface area contributed by atoms with Crippen molar-refractivity contribution in [1.82, 2.24) is 19.1 Å². The summed E-state index contributed by atoms with van der Waals surface area (Å²) in [5.74, 6) is 0.872. The fourth-order valence-corrected chi connectivity index (χ4v) is 3.37. The Kier molecular flexibility index (Phi) is 6.36. The van der Waals surface area contributed by atoms with Gasteiger partial charge in [0.1, 0.15) is 18.5 Å². The van der Waals surface area contributed by atoms with Gasteiger partial charge >= 0.3 is 5.69 Å². The van der Waals surface area contributed by atoms with Crippen LogP contribution in [0.2, 0.25) is 0 Å². The summed E-state index contributed by atoms with van der Waals surface area (Å²) < 4.78 is 8.46. The maximum atomic E-state index is 12.6. The van der Waals surface area contributed by atoms with Crippen LogP contribution in [0.3, 0.4) is 0 Å². The molecule has 4 rings (SSSR count). The van der Waals surface area contributed by atoms with Crippen LogP contribution in [0.4, 0.5) is 5.95 Å². The third-order valence-electron chi connectivity index (χ3n) is 5.10. The Bertz CT molecular complexity index is 1400. The van der Waals surface area contributed by atoms with E-state index in [1.165, 1.54) is 16.2 Å². The molecule has 0 saturated carbocycles. The number of benzene rings is 2. The highest BCUT2D eigenvalue weighted by atomic mass is 16.5. The third-order valence-corrected chi connectivity index (χ3v) is 5.10. The molecule has 10 heteroatoms. The number of imidazole rings is 1. The summed E-state index contributed by atoms with van der Waals surface area (Å²) in [6, 6.07) is 16.9. The zero-order valence-electron chi connectivity index (χ0n) is 18.2. The van der Waals surface area contributed by atoms with E-state index in [1.54, 1.807) is 6.21 Å². The maximum absolute atomic E-state index is 12.6. The Morgan fingerprint density at radius 1 is 1.18 bits per heavy atom. The van der Waals surface area contributed by atoms with Gasteiger partial charge in [-0.1, -0.05) is 48.5 Å². The van der Waals surface area contributed by atoms with Crippen LogP contribution in [-0.4, -0.2) is 43.1 Å². The fourth-order valence-electron chi connectivity index (χ4n) is 3.37. The van der Waals surface area contributed by atoms with Crippen molar-refractivity contribution < 1.29 is 9.84 Å². The predicted octanol–water partition coefficient (Wildman–Crippen LogP) is 1.62. The first kappa shape index (κ1) is 22.0. The average Bonchev–Trinajstić information content (AvgIpc) is 3.16. The van der Waals surface area contributed by atoms with E-state index in [4.69, 9.17) is 4.74 Å². The Labute approximate surface area is 188 Å². The number of H-pyrrole nitrogens is 1. The van der Waals surface area contributed by atoms with Gasteiger partial charge in [-0.3, -0.25) is 14.3 Å². The van der Waals surface area contributed by atoms with E-state index in [9.17, 15) is 14.7 Å². The Hall–Kier alpha value is -4.18. The normalized spacial score (nSPS) is 12.3. The molecule has 170 valence electrons. The number of hydrazone groups is 1. The van der Waals surface area contributed by atoms with E-state index >= 15 is 0 Å². The van der Waals surface area contributed by atoms with E-state index in [1.807, 2.05) is 61.5 Å². The molecule has 0 saturated heterocycles. The lowest BCUT2D eigenvalue weighted by atomic mass is 10.2. The number of aryl methyl sites for hydroxylation is 2. The third kappa shape index (κ3) is 4.85. The van der Waals surface area contributed by atoms with Crippen LogP contribution in [0.15, 0.2) is 69.3 Å². The van der Waals surface area contributed by atoms with Gasteiger partial charge in [0, 0.05) is 7.05 Å². The SMILES string of the molecule is Cc1ccccc1OCC(O)Cn1c(NN=Cc2ccccc2)nc2c1c(=O)[nH]c(=O)n2C. The first-order valence-electron chi connectivity index (χ1n) is 10.3. The monoisotopic (exact) mass is 448 g/mol. The number of nitrogens with zero attached hydrogens (tertiary/aromatic N) is 4. The van der Waals surface area contributed by atoms with Gasteiger partial charge in [0.15, 0.2) is 11.2 Å². The van der Waals surface area contributed by atoms with Crippen LogP contribution in [0.1, 0.15) is 11.1 Å². The van der Waals surface area contributed by atoms with Crippen molar-refractivity contribution in [3.05, 3.63) is 86.6 Å². The molecule has 4 aromatic rings. The molecule has 2 aromatic carbocycles. The lowest BCUT2D eigenvalue weighted by molar-refractivity contribution is 0.0935. The van der Waals surface area contributed by atoms with Crippen molar-refractivity contribution >= 4 is 23.3 Å². The summed E-state index contributed by atoms with van der Waals surface area (Å²) in [4.78, 5) is 31.3. The Morgan fingerprint density at radius 3 is 2.67 bits per heavy atom. The molecule has 0 spiro atoms. The largest absolute Gasteiger partial charge is 0.491 e. The van der Waals surface area contributed by atoms with E-state index in [0.29, 0.717) is 5.75 Å². The molecule has 1 unspecified atom stereocenters. The molecule has 1 atom stereocenters. The van der Waals surface area contributed by atoms with Gasteiger partial charge in [0.2, 0.25) is 5.95 Å². The number of hydrogen-bond donors (Lipinski definition) is 3. The molecule has 0 amide bonds. The summed E-state index contributed by atoms with van der Waals surface area (Å²) >= 11 is 0. The second-order valence-electron chi connectivity index (χ2n) is 7.55. The molecule has 33 heavy (non-hydrogen) atoms. The molecule has 10 nitrogen and oxygen atoms in total. The minimum atomic E-state index is -0.961.